The van der Waals surface area contributed by atoms with Crippen molar-refractivity contribution in [1.82, 2.24) is 10.2 Å². The second kappa shape index (κ2) is 3.28. The van der Waals surface area contributed by atoms with E-state index in [-0.39, 0.29) is 12.4 Å². The van der Waals surface area contributed by atoms with Gasteiger partial charge in [-0.25, -0.2) is 0 Å². The molecule has 0 aromatic heterocycles. The largest absolute Gasteiger partial charge is 0.323 e. The van der Waals surface area contributed by atoms with E-state index in [9.17, 15) is 0 Å². The lowest BCUT2D eigenvalue weighted by molar-refractivity contribution is 0.810. The molecular weight excluding hydrogens is 124 g/mol. The smallest absolute Gasteiger partial charge is 0.0352 e. The maximum atomic E-state index is 2.75. The second-order valence-electron chi connectivity index (χ2n) is 2.11. The predicted molar refractivity (Wildman–Crippen MR) is 37.6 cm³/mol. The van der Waals surface area contributed by atoms with Gasteiger partial charge >= 0.3 is 0 Å². The number of nitrogens with zero attached hydrogens (tertiary/aromatic N) is 1. The fourth-order valence-electron chi connectivity index (χ4n) is 0.394. The van der Waals surface area contributed by atoms with Crippen molar-refractivity contribution in [2.75, 3.05) is 27.2 Å². The van der Waals surface area contributed by atoms with E-state index < -0.39 is 0 Å². The van der Waals surface area contributed by atoms with Gasteiger partial charge in [-0.3, -0.25) is 4.90 Å². The van der Waals surface area contributed by atoms with Crippen molar-refractivity contribution in [3.05, 3.63) is 0 Å². The molecule has 2 fully saturated rings. The number of nitrogens with one attached hydrogen (secondary N) is 1. The summed E-state index contributed by atoms with van der Waals surface area (Å²) in [7, 11) is 3.75. The molecule has 0 aliphatic carbocycles. The van der Waals surface area contributed by atoms with Gasteiger partial charge in [0.2, 0.25) is 0 Å². The van der Waals surface area contributed by atoms with Crippen LogP contribution in [-0.2, 0) is 0 Å². The standard InChI is InChI=1S/C3H5N.C2H7N.ClH/c1-3-2-4(1)3;1-3-2;/h3H,1-2H2;3H,1-2H3;1H. The number of fused-ring (bicyclic) bond motifs is 1. The molecule has 0 spiro atoms. The number of hydrogen-bond acceptors (Lipinski definition) is 2. The maximum absolute atomic E-state index is 2.75. The summed E-state index contributed by atoms with van der Waals surface area (Å²) in [6.45, 7) is 2.83. The Labute approximate surface area is 56.7 Å². The molecule has 2 heterocycles. The summed E-state index contributed by atoms with van der Waals surface area (Å²) >= 11 is 0. The molecule has 2 nitrogen and oxygen atoms in total. The minimum absolute atomic E-state index is 0. The van der Waals surface area contributed by atoms with Crippen molar-refractivity contribution in [3.63, 3.8) is 0 Å². The van der Waals surface area contributed by atoms with E-state index in [1.165, 1.54) is 13.1 Å². The lowest BCUT2D eigenvalue weighted by atomic mass is 10.6. The summed E-state index contributed by atoms with van der Waals surface area (Å²) in [4.78, 5) is 2.42. The van der Waals surface area contributed by atoms with Gasteiger partial charge in [-0.2, -0.15) is 0 Å². The monoisotopic (exact) mass is 136 g/mol. The number of hydrogen-bond donors (Lipinski definition) is 1. The zero-order chi connectivity index (χ0) is 5.28. The Morgan fingerprint density at radius 1 is 1.38 bits per heavy atom. The van der Waals surface area contributed by atoms with Gasteiger partial charge in [-0.15, -0.1) is 12.4 Å². The first-order chi connectivity index (χ1) is 3.38. The Kier molecular flexibility index (Phi) is 3.36. The van der Waals surface area contributed by atoms with Gasteiger partial charge < -0.3 is 5.32 Å². The highest BCUT2D eigenvalue weighted by Crippen LogP contribution is 2.32. The molecule has 50 valence electrons. The quantitative estimate of drug-likeness (QED) is 0.470. The average Bonchev–Trinajstić information content (AvgIpc) is 2.08. The van der Waals surface area contributed by atoms with Crippen molar-refractivity contribution < 1.29 is 0 Å². The highest BCUT2D eigenvalue weighted by atomic mass is 35.5. The summed E-state index contributed by atoms with van der Waals surface area (Å²) in [6.07, 6.45) is 0. The zero-order valence-electron chi connectivity index (χ0n) is 5.35. The zero-order valence-corrected chi connectivity index (χ0v) is 6.16. The molecule has 0 bridgehead atoms. The molecule has 2 aliphatic heterocycles. The summed E-state index contributed by atoms with van der Waals surface area (Å²) in [6, 6.07) is 1.08. The fraction of sp³-hybridized carbons (Fsp3) is 1.00. The van der Waals surface area contributed by atoms with Crippen LogP contribution >= 0.6 is 12.4 Å². The summed E-state index contributed by atoms with van der Waals surface area (Å²) in [5, 5.41) is 2.75. The average molecular weight is 137 g/mol. The normalized spacial score (nSPS) is 35.2. The van der Waals surface area contributed by atoms with E-state index in [1.807, 2.05) is 14.1 Å². The Morgan fingerprint density at radius 2 is 1.50 bits per heavy atom. The van der Waals surface area contributed by atoms with Gasteiger partial charge in [0.25, 0.3) is 0 Å². The van der Waals surface area contributed by atoms with Crippen LogP contribution in [0.15, 0.2) is 0 Å². The molecule has 8 heavy (non-hydrogen) atoms. The Bertz CT molecular complexity index is 55.4. The lowest BCUT2D eigenvalue weighted by Gasteiger charge is -1.62. The highest BCUT2D eigenvalue weighted by molar-refractivity contribution is 5.85. The van der Waals surface area contributed by atoms with Crippen LogP contribution < -0.4 is 5.32 Å². The first-order valence-electron chi connectivity index (χ1n) is 2.71. The molecule has 2 aliphatic rings. The van der Waals surface area contributed by atoms with Crippen LogP contribution in [0.3, 0.4) is 0 Å². The molecule has 3 heteroatoms. The van der Waals surface area contributed by atoms with Crippen LogP contribution in [0.25, 0.3) is 0 Å². The lowest BCUT2D eigenvalue weighted by Crippen LogP contribution is -1.89. The molecule has 0 radical (unpaired) electrons. The van der Waals surface area contributed by atoms with E-state index in [0.29, 0.717) is 0 Å². The summed E-state index contributed by atoms with van der Waals surface area (Å²) < 4.78 is 0. The molecule has 0 saturated carbocycles. The number of halogens is 1. The minimum Gasteiger partial charge on any atom is -0.323 e. The number of rotatable bonds is 0. The van der Waals surface area contributed by atoms with E-state index in [4.69, 9.17) is 0 Å². The van der Waals surface area contributed by atoms with Crippen LogP contribution in [0.4, 0.5) is 0 Å². The Hall–Kier alpha value is 0.210. The molecule has 0 amide bonds. The van der Waals surface area contributed by atoms with E-state index in [1.54, 1.807) is 0 Å². The summed E-state index contributed by atoms with van der Waals surface area (Å²) in [5.41, 5.74) is 0. The summed E-state index contributed by atoms with van der Waals surface area (Å²) in [5.74, 6) is 0. The van der Waals surface area contributed by atoms with Crippen molar-refractivity contribution in [2.45, 2.75) is 6.04 Å². The predicted octanol–water partition coefficient (Wildman–Crippen LogP) is -0.0584. The molecule has 0 atom stereocenters. The second-order valence-corrected chi connectivity index (χ2v) is 2.11. The van der Waals surface area contributed by atoms with Crippen molar-refractivity contribution >= 4 is 12.4 Å². The first kappa shape index (κ1) is 8.21. The fourth-order valence-corrected chi connectivity index (χ4v) is 0.394. The van der Waals surface area contributed by atoms with Gasteiger partial charge in [-0.1, -0.05) is 0 Å². The molecular formula is C5H13ClN2. The van der Waals surface area contributed by atoms with Crippen molar-refractivity contribution in [1.29, 1.82) is 0 Å². The van der Waals surface area contributed by atoms with Gasteiger partial charge in [0.05, 0.1) is 0 Å². The van der Waals surface area contributed by atoms with E-state index >= 15 is 0 Å². The third-order valence-corrected chi connectivity index (χ3v) is 1.14. The van der Waals surface area contributed by atoms with Crippen LogP contribution in [0.1, 0.15) is 0 Å². The maximum Gasteiger partial charge on any atom is 0.0352 e. The highest BCUT2D eigenvalue weighted by Gasteiger charge is 2.49. The third kappa shape index (κ3) is 2.50. The molecule has 0 aromatic rings. The van der Waals surface area contributed by atoms with Crippen LogP contribution in [0, 0.1) is 0 Å². The van der Waals surface area contributed by atoms with E-state index in [0.717, 1.165) is 6.04 Å². The van der Waals surface area contributed by atoms with Gasteiger partial charge in [0.1, 0.15) is 0 Å². The Balaban J connectivity index is 0.000000115. The first-order valence-corrected chi connectivity index (χ1v) is 2.71. The van der Waals surface area contributed by atoms with E-state index in [2.05, 4.69) is 10.2 Å². The SMILES string of the molecule is C1C2CN12.CNC.Cl. The van der Waals surface area contributed by atoms with Gasteiger partial charge in [0.15, 0.2) is 0 Å². The van der Waals surface area contributed by atoms with Gasteiger partial charge in [-0.05, 0) is 14.1 Å². The Morgan fingerprint density at radius 3 is 1.50 bits per heavy atom. The minimum atomic E-state index is 0. The van der Waals surface area contributed by atoms with Crippen molar-refractivity contribution in [3.8, 4) is 0 Å². The van der Waals surface area contributed by atoms with Crippen molar-refractivity contribution in [2.24, 2.45) is 0 Å². The molecule has 1 N–H and O–H groups in total. The molecule has 2 saturated heterocycles. The molecule has 0 aromatic carbocycles. The van der Waals surface area contributed by atoms with Crippen LogP contribution in [0.5, 0.6) is 0 Å². The topological polar surface area (TPSA) is 15.0 Å². The van der Waals surface area contributed by atoms with Crippen LogP contribution in [-0.4, -0.2) is 38.1 Å². The molecule has 2 rings (SSSR count). The third-order valence-electron chi connectivity index (χ3n) is 1.14. The van der Waals surface area contributed by atoms with Crippen LogP contribution in [0.2, 0.25) is 0 Å². The van der Waals surface area contributed by atoms with Gasteiger partial charge in [0, 0.05) is 19.1 Å². The molecule has 0 unspecified atom stereocenters.